The molecule has 6 nitrogen and oxygen atoms in total. The Kier molecular flexibility index (Phi) is 5.64. The standard InChI is InChI=1S/C16H23N5OS/c1-20(10-13-6-3-4-8-17-13)12-15-18-19-16(23-2)21(15)11-14-7-5-9-22-14/h3-4,6,8,14H,5,7,9-12H2,1-2H3. The summed E-state index contributed by atoms with van der Waals surface area (Å²) in [6.45, 7) is 3.26. The van der Waals surface area contributed by atoms with Crippen molar-refractivity contribution >= 4 is 11.8 Å². The molecule has 124 valence electrons. The highest BCUT2D eigenvalue weighted by Crippen LogP contribution is 2.20. The zero-order valence-electron chi connectivity index (χ0n) is 13.7. The van der Waals surface area contributed by atoms with Gasteiger partial charge in [0.15, 0.2) is 5.16 Å². The average molecular weight is 333 g/mol. The van der Waals surface area contributed by atoms with Gasteiger partial charge in [-0.1, -0.05) is 17.8 Å². The number of rotatable bonds is 7. The van der Waals surface area contributed by atoms with Crippen LogP contribution in [0.5, 0.6) is 0 Å². The monoisotopic (exact) mass is 333 g/mol. The van der Waals surface area contributed by atoms with Gasteiger partial charge in [-0.2, -0.15) is 0 Å². The summed E-state index contributed by atoms with van der Waals surface area (Å²) in [6.07, 6.45) is 6.43. The molecule has 0 saturated carbocycles. The van der Waals surface area contributed by atoms with E-state index in [9.17, 15) is 0 Å². The maximum atomic E-state index is 5.77. The van der Waals surface area contributed by atoms with E-state index >= 15 is 0 Å². The van der Waals surface area contributed by atoms with Crippen LogP contribution in [0.25, 0.3) is 0 Å². The number of hydrogen-bond acceptors (Lipinski definition) is 6. The van der Waals surface area contributed by atoms with Crippen LogP contribution < -0.4 is 0 Å². The van der Waals surface area contributed by atoms with E-state index in [-0.39, 0.29) is 6.10 Å². The molecular weight excluding hydrogens is 310 g/mol. The van der Waals surface area contributed by atoms with E-state index in [2.05, 4.69) is 31.7 Å². The van der Waals surface area contributed by atoms with E-state index in [1.165, 1.54) is 0 Å². The van der Waals surface area contributed by atoms with Gasteiger partial charge in [-0.3, -0.25) is 9.88 Å². The highest BCUT2D eigenvalue weighted by Gasteiger charge is 2.21. The highest BCUT2D eigenvalue weighted by molar-refractivity contribution is 7.98. The molecule has 2 aromatic rings. The molecule has 0 aromatic carbocycles. The van der Waals surface area contributed by atoms with Gasteiger partial charge in [0, 0.05) is 19.3 Å². The predicted molar refractivity (Wildman–Crippen MR) is 90.2 cm³/mol. The fourth-order valence-corrected chi connectivity index (χ4v) is 3.35. The minimum atomic E-state index is 0.289. The zero-order valence-corrected chi connectivity index (χ0v) is 14.5. The van der Waals surface area contributed by atoms with Gasteiger partial charge in [-0.25, -0.2) is 0 Å². The van der Waals surface area contributed by atoms with Gasteiger partial charge in [0.05, 0.1) is 24.9 Å². The third-order valence-corrected chi connectivity index (χ3v) is 4.62. The van der Waals surface area contributed by atoms with Crippen molar-refractivity contribution in [3.63, 3.8) is 0 Å². The van der Waals surface area contributed by atoms with Crippen LogP contribution in [0.2, 0.25) is 0 Å². The fraction of sp³-hybridized carbons (Fsp3) is 0.562. The highest BCUT2D eigenvalue weighted by atomic mass is 32.2. The second-order valence-corrected chi connectivity index (χ2v) is 6.62. The van der Waals surface area contributed by atoms with Crippen LogP contribution in [0, 0.1) is 0 Å². The maximum Gasteiger partial charge on any atom is 0.191 e. The first-order valence-electron chi connectivity index (χ1n) is 7.92. The number of nitrogens with zero attached hydrogens (tertiary/aromatic N) is 5. The van der Waals surface area contributed by atoms with Crippen LogP contribution in [0.15, 0.2) is 29.6 Å². The molecular formula is C16H23N5OS. The first-order chi connectivity index (χ1) is 11.3. The molecule has 0 aliphatic carbocycles. The van der Waals surface area contributed by atoms with E-state index in [4.69, 9.17) is 4.74 Å². The van der Waals surface area contributed by atoms with Crippen molar-refractivity contribution in [3.8, 4) is 0 Å². The molecule has 0 radical (unpaired) electrons. The molecule has 1 fully saturated rings. The Hall–Kier alpha value is -1.44. The lowest BCUT2D eigenvalue weighted by Gasteiger charge is -2.18. The largest absolute Gasteiger partial charge is 0.376 e. The molecule has 3 rings (SSSR count). The van der Waals surface area contributed by atoms with Crippen LogP contribution in [-0.4, -0.2) is 50.7 Å². The number of hydrogen-bond donors (Lipinski definition) is 0. The molecule has 1 saturated heterocycles. The van der Waals surface area contributed by atoms with Crippen LogP contribution in [0.1, 0.15) is 24.4 Å². The summed E-state index contributed by atoms with van der Waals surface area (Å²) in [6, 6.07) is 6.00. The Morgan fingerprint density at radius 3 is 2.96 bits per heavy atom. The number of pyridine rings is 1. The quantitative estimate of drug-likeness (QED) is 0.724. The summed E-state index contributed by atoms with van der Waals surface area (Å²) in [4.78, 5) is 6.59. The molecule has 1 aliphatic rings. The van der Waals surface area contributed by atoms with Crippen molar-refractivity contribution in [3.05, 3.63) is 35.9 Å². The molecule has 23 heavy (non-hydrogen) atoms. The first-order valence-corrected chi connectivity index (χ1v) is 9.15. The lowest BCUT2D eigenvalue weighted by atomic mass is 10.2. The molecule has 1 unspecified atom stereocenters. The second kappa shape index (κ2) is 7.90. The summed E-state index contributed by atoms with van der Waals surface area (Å²) in [5.74, 6) is 0.989. The Morgan fingerprint density at radius 2 is 2.26 bits per heavy atom. The first kappa shape index (κ1) is 16.4. The molecule has 1 atom stereocenters. The van der Waals surface area contributed by atoms with Crippen molar-refractivity contribution in [1.82, 2.24) is 24.6 Å². The fourth-order valence-electron chi connectivity index (χ4n) is 2.83. The molecule has 0 N–H and O–H groups in total. The Bertz CT molecular complexity index is 612. The van der Waals surface area contributed by atoms with Gasteiger partial charge in [0.1, 0.15) is 5.82 Å². The zero-order chi connectivity index (χ0) is 16.1. The smallest absolute Gasteiger partial charge is 0.191 e. The van der Waals surface area contributed by atoms with E-state index in [1.54, 1.807) is 11.8 Å². The normalized spacial score (nSPS) is 18.0. The van der Waals surface area contributed by atoms with Gasteiger partial charge in [-0.15, -0.1) is 10.2 Å². The van der Waals surface area contributed by atoms with Crippen LogP contribution in [-0.2, 0) is 24.4 Å². The third kappa shape index (κ3) is 4.31. The third-order valence-electron chi connectivity index (χ3n) is 3.96. The van der Waals surface area contributed by atoms with Gasteiger partial charge in [0.25, 0.3) is 0 Å². The van der Waals surface area contributed by atoms with Gasteiger partial charge in [-0.05, 0) is 38.3 Å². The van der Waals surface area contributed by atoms with Crippen molar-refractivity contribution < 1.29 is 4.74 Å². The van der Waals surface area contributed by atoms with E-state index in [0.717, 1.165) is 55.8 Å². The second-order valence-electron chi connectivity index (χ2n) is 5.84. The summed E-state index contributed by atoms with van der Waals surface area (Å²) >= 11 is 1.63. The summed E-state index contributed by atoms with van der Waals surface area (Å²) in [5.41, 5.74) is 1.06. The van der Waals surface area contributed by atoms with E-state index < -0.39 is 0 Å². The average Bonchev–Trinajstić information content (AvgIpc) is 3.19. The predicted octanol–water partition coefficient (Wildman–Crippen LogP) is 2.21. The van der Waals surface area contributed by atoms with Crippen LogP contribution >= 0.6 is 11.8 Å². The molecule has 3 heterocycles. The molecule has 7 heteroatoms. The topological polar surface area (TPSA) is 56.1 Å². The van der Waals surface area contributed by atoms with Crippen molar-refractivity contribution in [2.24, 2.45) is 0 Å². The van der Waals surface area contributed by atoms with E-state index in [0.29, 0.717) is 0 Å². The SMILES string of the molecule is CSc1nnc(CN(C)Cc2ccccn2)n1CC1CCCO1. The minimum absolute atomic E-state index is 0.289. The molecule has 0 bridgehead atoms. The number of aromatic nitrogens is 4. The summed E-state index contributed by atoms with van der Waals surface area (Å²) < 4.78 is 7.98. The lowest BCUT2D eigenvalue weighted by Crippen LogP contribution is -2.23. The van der Waals surface area contributed by atoms with Crippen molar-refractivity contribution in [1.29, 1.82) is 0 Å². The van der Waals surface area contributed by atoms with Gasteiger partial charge >= 0.3 is 0 Å². The van der Waals surface area contributed by atoms with Crippen molar-refractivity contribution in [2.45, 2.75) is 43.7 Å². The summed E-state index contributed by atoms with van der Waals surface area (Å²) in [5, 5.41) is 9.66. The van der Waals surface area contributed by atoms with Gasteiger partial charge < -0.3 is 9.30 Å². The lowest BCUT2D eigenvalue weighted by molar-refractivity contribution is 0.0934. The molecule has 1 aliphatic heterocycles. The Labute approximate surface area is 141 Å². The summed E-state index contributed by atoms with van der Waals surface area (Å²) in [7, 11) is 2.08. The number of ether oxygens (including phenoxy) is 1. The Morgan fingerprint density at radius 1 is 1.35 bits per heavy atom. The number of thioether (sulfide) groups is 1. The van der Waals surface area contributed by atoms with E-state index in [1.807, 2.05) is 30.7 Å². The molecule has 0 spiro atoms. The van der Waals surface area contributed by atoms with Crippen molar-refractivity contribution in [2.75, 3.05) is 19.9 Å². The van der Waals surface area contributed by atoms with Crippen LogP contribution in [0.4, 0.5) is 0 Å². The molecule has 0 amide bonds. The maximum absolute atomic E-state index is 5.77. The Balaban J connectivity index is 1.67. The minimum Gasteiger partial charge on any atom is -0.376 e. The van der Waals surface area contributed by atoms with Gasteiger partial charge in [0.2, 0.25) is 0 Å². The molecule has 2 aromatic heterocycles. The van der Waals surface area contributed by atoms with Crippen LogP contribution in [0.3, 0.4) is 0 Å².